The lowest BCUT2D eigenvalue weighted by Gasteiger charge is -2.22. The number of hydrogen-bond donors (Lipinski definition) is 1. The number of aromatic amines is 1. The van der Waals surface area contributed by atoms with Crippen molar-refractivity contribution in [1.82, 2.24) is 14.3 Å². The van der Waals surface area contributed by atoms with Crippen molar-refractivity contribution in [2.75, 3.05) is 26.0 Å². The Morgan fingerprint density at radius 2 is 2.24 bits per heavy atom. The van der Waals surface area contributed by atoms with Gasteiger partial charge >= 0.3 is 0 Å². The van der Waals surface area contributed by atoms with Crippen LogP contribution < -0.4 is 0 Å². The molecule has 2 aromatic rings. The summed E-state index contributed by atoms with van der Waals surface area (Å²) < 4.78 is 31.2. The first-order chi connectivity index (χ1) is 10.1. The fourth-order valence-electron chi connectivity index (χ4n) is 2.78. The van der Waals surface area contributed by atoms with E-state index in [4.69, 9.17) is 4.74 Å². The maximum Gasteiger partial charge on any atom is 0.217 e. The highest BCUT2D eigenvalue weighted by Crippen LogP contribution is 2.33. The fourth-order valence-corrected chi connectivity index (χ4v) is 4.39. The number of imidazole rings is 1. The number of rotatable bonds is 5. The number of hydrogen-bond acceptors (Lipinski definition) is 4. The molecule has 6 nitrogen and oxygen atoms in total. The SMILES string of the molecule is COCCS(=O)(=O)N1CCCC1c1nc2ccccc2[nH]1. The van der Waals surface area contributed by atoms with Gasteiger partial charge in [-0.2, -0.15) is 4.31 Å². The number of methoxy groups -OCH3 is 1. The number of sulfonamides is 1. The molecule has 1 aromatic carbocycles. The van der Waals surface area contributed by atoms with E-state index in [1.165, 1.54) is 7.11 Å². The second kappa shape index (κ2) is 5.75. The summed E-state index contributed by atoms with van der Waals surface area (Å²) in [5.74, 6) is 0.745. The second-order valence-electron chi connectivity index (χ2n) is 5.22. The Kier molecular flexibility index (Phi) is 3.97. The van der Waals surface area contributed by atoms with E-state index < -0.39 is 10.0 Å². The van der Waals surface area contributed by atoms with Gasteiger partial charge in [-0.1, -0.05) is 12.1 Å². The minimum absolute atomic E-state index is 0.0141. The lowest BCUT2D eigenvalue weighted by atomic mass is 10.2. The fraction of sp³-hybridized carbons (Fsp3) is 0.500. The van der Waals surface area contributed by atoms with Gasteiger partial charge in [0.1, 0.15) is 5.82 Å². The van der Waals surface area contributed by atoms with Crippen LogP contribution in [0.25, 0.3) is 11.0 Å². The monoisotopic (exact) mass is 309 g/mol. The van der Waals surface area contributed by atoms with E-state index in [1.807, 2.05) is 24.3 Å². The quantitative estimate of drug-likeness (QED) is 0.911. The first kappa shape index (κ1) is 14.5. The van der Waals surface area contributed by atoms with E-state index in [-0.39, 0.29) is 18.4 Å². The lowest BCUT2D eigenvalue weighted by molar-refractivity contribution is 0.215. The molecular formula is C14H19N3O3S. The van der Waals surface area contributed by atoms with Crippen LogP contribution in [0.3, 0.4) is 0 Å². The first-order valence-electron chi connectivity index (χ1n) is 7.05. The average molecular weight is 309 g/mol. The molecule has 0 radical (unpaired) electrons. The van der Waals surface area contributed by atoms with Crippen molar-refractivity contribution in [1.29, 1.82) is 0 Å². The molecule has 0 bridgehead atoms. The highest BCUT2D eigenvalue weighted by Gasteiger charge is 2.36. The molecule has 0 aliphatic carbocycles. The molecule has 1 atom stereocenters. The predicted octanol–water partition coefficient (Wildman–Crippen LogP) is 1.68. The van der Waals surface area contributed by atoms with Crippen molar-refractivity contribution in [2.24, 2.45) is 0 Å². The molecule has 0 amide bonds. The maximum atomic E-state index is 12.4. The molecule has 114 valence electrons. The molecule has 1 saturated heterocycles. The normalized spacial score (nSPS) is 20.3. The molecule has 0 saturated carbocycles. The van der Waals surface area contributed by atoms with Crippen molar-refractivity contribution in [3.05, 3.63) is 30.1 Å². The number of benzene rings is 1. The van der Waals surface area contributed by atoms with Crippen LogP contribution in [0.1, 0.15) is 24.7 Å². The molecule has 2 heterocycles. The minimum atomic E-state index is -3.31. The van der Waals surface area contributed by atoms with Crippen molar-refractivity contribution < 1.29 is 13.2 Å². The summed E-state index contributed by atoms with van der Waals surface area (Å²) in [6.45, 7) is 0.763. The third-order valence-electron chi connectivity index (χ3n) is 3.83. The highest BCUT2D eigenvalue weighted by atomic mass is 32.2. The van der Waals surface area contributed by atoms with E-state index in [0.29, 0.717) is 6.54 Å². The van der Waals surface area contributed by atoms with Crippen LogP contribution in [0.5, 0.6) is 0 Å². The Morgan fingerprint density at radius 1 is 1.43 bits per heavy atom. The molecule has 1 aliphatic heterocycles. The number of nitrogens with one attached hydrogen (secondary N) is 1. The summed E-state index contributed by atoms with van der Waals surface area (Å²) >= 11 is 0. The zero-order valence-corrected chi connectivity index (χ0v) is 12.8. The summed E-state index contributed by atoms with van der Waals surface area (Å²) in [6.07, 6.45) is 1.65. The average Bonchev–Trinajstić information content (AvgIpc) is 3.11. The third-order valence-corrected chi connectivity index (χ3v) is 5.66. The molecule has 1 aliphatic rings. The maximum absolute atomic E-state index is 12.4. The van der Waals surface area contributed by atoms with Crippen LogP contribution in [-0.4, -0.2) is 48.7 Å². The Hall–Kier alpha value is -1.44. The lowest BCUT2D eigenvalue weighted by Crippen LogP contribution is -2.34. The predicted molar refractivity (Wildman–Crippen MR) is 80.4 cm³/mol. The number of ether oxygens (including phenoxy) is 1. The van der Waals surface area contributed by atoms with Gasteiger partial charge in [0.2, 0.25) is 10.0 Å². The van der Waals surface area contributed by atoms with Gasteiger partial charge in [0.25, 0.3) is 0 Å². The summed E-state index contributed by atoms with van der Waals surface area (Å²) in [7, 11) is -1.80. The Balaban J connectivity index is 1.90. The summed E-state index contributed by atoms with van der Waals surface area (Å²) in [4.78, 5) is 7.79. The number of H-pyrrole nitrogens is 1. The van der Waals surface area contributed by atoms with E-state index >= 15 is 0 Å². The van der Waals surface area contributed by atoms with Crippen molar-refractivity contribution in [2.45, 2.75) is 18.9 Å². The molecule has 1 N–H and O–H groups in total. The summed E-state index contributed by atoms with van der Waals surface area (Å²) in [5.41, 5.74) is 1.81. The van der Waals surface area contributed by atoms with Gasteiger partial charge in [-0.3, -0.25) is 0 Å². The van der Waals surface area contributed by atoms with Gasteiger partial charge in [-0.25, -0.2) is 13.4 Å². The van der Waals surface area contributed by atoms with Crippen LogP contribution in [-0.2, 0) is 14.8 Å². The van der Waals surface area contributed by atoms with E-state index in [2.05, 4.69) is 9.97 Å². The number of para-hydroxylation sites is 2. The number of aromatic nitrogens is 2. The molecule has 0 spiro atoms. The molecule has 1 unspecified atom stereocenters. The Labute approximate surface area is 124 Å². The molecule has 1 fully saturated rings. The van der Waals surface area contributed by atoms with Crippen LogP contribution >= 0.6 is 0 Å². The molecule has 21 heavy (non-hydrogen) atoms. The molecule has 3 rings (SSSR count). The summed E-state index contributed by atoms with van der Waals surface area (Å²) in [6, 6.07) is 7.54. The van der Waals surface area contributed by atoms with Gasteiger partial charge in [0.15, 0.2) is 0 Å². The largest absolute Gasteiger partial charge is 0.384 e. The van der Waals surface area contributed by atoms with Crippen molar-refractivity contribution >= 4 is 21.1 Å². The first-order valence-corrected chi connectivity index (χ1v) is 8.66. The second-order valence-corrected chi connectivity index (χ2v) is 7.26. The van der Waals surface area contributed by atoms with Gasteiger partial charge in [-0.05, 0) is 25.0 Å². The van der Waals surface area contributed by atoms with Crippen molar-refractivity contribution in [3.63, 3.8) is 0 Å². The zero-order valence-electron chi connectivity index (χ0n) is 11.9. The van der Waals surface area contributed by atoms with Crippen LogP contribution in [0.4, 0.5) is 0 Å². The minimum Gasteiger partial charge on any atom is -0.384 e. The summed E-state index contributed by atoms with van der Waals surface area (Å²) in [5, 5.41) is 0. The topological polar surface area (TPSA) is 75.3 Å². The Morgan fingerprint density at radius 3 is 3.00 bits per heavy atom. The van der Waals surface area contributed by atoms with Crippen LogP contribution in [0.15, 0.2) is 24.3 Å². The number of fused-ring (bicyclic) bond motifs is 1. The van der Waals surface area contributed by atoms with Gasteiger partial charge in [0, 0.05) is 13.7 Å². The smallest absolute Gasteiger partial charge is 0.217 e. The highest BCUT2D eigenvalue weighted by molar-refractivity contribution is 7.89. The molecule has 1 aromatic heterocycles. The van der Waals surface area contributed by atoms with Gasteiger partial charge < -0.3 is 9.72 Å². The zero-order chi connectivity index (χ0) is 14.9. The standard InChI is InChI=1S/C14H19N3O3S/c1-20-9-10-21(18,19)17-8-4-7-13(17)14-15-11-5-2-3-6-12(11)16-14/h2-3,5-6,13H,4,7-10H2,1H3,(H,15,16). The van der Waals surface area contributed by atoms with Crippen LogP contribution in [0, 0.1) is 0 Å². The van der Waals surface area contributed by atoms with Crippen LogP contribution in [0.2, 0.25) is 0 Å². The van der Waals surface area contributed by atoms with E-state index in [0.717, 1.165) is 29.7 Å². The Bertz CT molecular complexity index is 693. The molecular weight excluding hydrogens is 290 g/mol. The molecule has 7 heteroatoms. The van der Waals surface area contributed by atoms with Crippen molar-refractivity contribution in [3.8, 4) is 0 Å². The van der Waals surface area contributed by atoms with E-state index in [9.17, 15) is 8.42 Å². The van der Waals surface area contributed by atoms with Gasteiger partial charge in [-0.15, -0.1) is 0 Å². The van der Waals surface area contributed by atoms with E-state index in [1.54, 1.807) is 4.31 Å². The number of nitrogens with zero attached hydrogens (tertiary/aromatic N) is 2. The van der Waals surface area contributed by atoms with Gasteiger partial charge in [0.05, 0.1) is 29.4 Å². The third kappa shape index (κ3) is 2.81.